The fourth-order valence-corrected chi connectivity index (χ4v) is 5.17. The predicted molar refractivity (Wildman–Crippen MR) is 147 cm³/mol. The molecule has 5 aromatic heterocycles. The van der Waals surface area contributed by atoms with Crippen molar-refractivity contribution in [1.82, 2.24) is 40.0 Å². The molecule has 1 fully saturated rings. The third-order valence-corrected chi connectivity index (χ3v) is 7.09. The lowest BCUT2D eigenvalue weighted by atomic mass is 10.1. The first-order valence-corrected chi connectivity index (χ1v) is 13.0. The van der Waals surface area contributed by atoms with Crippen molar-refractivity contribution in [2.45, 2.75) is 12.8 Å². The van der Waals surface area contributed by atoms with E-state index in [1.807, 2.05) is 30.3 Å². The van der Waals surface area contributed by atoms with Gasteiger partial charge < -0.3 is 9.72 Å². The topological polar surface area (TPSA) is 108 Å². The van der Waals surface area contributed by atoms with E-state index in [-0.39, 0.29) is 5.82 Å². The lowest BCUT2D eigenvalue weighted by Crippen LogP contribution is -2.25. The third kappa shape index (κ3) is 4.59. The number of aromatic amines is 2. The smallest absolute Gasteiger partial charge is 0.135 e. The van der Waals surface area contributed by atoms with E-state index in [0.717, 1.165) is 58.5 Å². The van der Waals surface area contributed by atoms with Crippen molar-refractivity contribution in [1.29, 1.82) is 0 Å². The van der Waals surface area contributed by atoms with Gasteiger partial charge in [0.05, 0.1) is 22.6 Å². The van der Waals surface area contributed by atoms with Crippen LogP contribution in [0.3, 0.4) is 0 Å². The highest BCUT2D eigenvalue weighted by molar-refractivity contribution is 5.99. The minimum absolute atomic E-state index is 0.363. The SMILES string of the molecule is Fc1cc(OCCN2CCCC2)cc(-c2nccc3[nH]c(-c4n[nH]c5ccc(-c6cncnc6)nc45)cc23)c1. The zero-order chi connectivity index (χ0) is 26.2. The highest BCUT2D eigenvalue weighted by Crippen LogP contribution is 2.34. The average Bonchev–Trinajstić information content (AvgIpc) is 3.72. The Morgan fingerprint density at radius 2 is 1.79 bits per heavy atom. The molecule has 2 N–H and O–H groups in total. The molecule has 6 aromatic rings. The first-order chi connectivity index (χ1) is 19.2. The predicted octanol–water partition coefficient (Wildman–Crippen LogP) is 5.24. The minimum atomic E-state index is -0.363. The molecule has 7 rings (SSSR count). The van der Waals surface area contributed by atoms with Gasteiger partial charge in [-0.2, -0.15) is 5.10 Å². The number of fused-ring (bicyclic) bond motifs is 2. The summed E-state index contributed by atoms with van der Waals surface area (Å²) in [4.78, 5) is 23.4. The van der Waals surface area contributed by atoms with Crippen molar-refractivity contribution in [2.24, 2.45) is 0 Å². The van der Waals surface area contributed by atoms with Crippen molar-refractivity contribution in [3.63, 3.8) is 0 Å². The Hall–Kier alpha value is -4.70. The Morgan fingerprint density at radius 1 is 0.923 bits per heavy atom. The van der Waals surface area contributed by atoms with E-state index in [1.54, 1.807) is 18.6 Å². The second kappa shape index (κ2) is 9.88. The molecule has 39 heavy (non-hydrogen) atoms. The number of benzene rings is 1. The number of nitrogens with one attached hydrogen (secondary N) is 2. The second-order valence-electron chi connectivity index (χ2n) is 9.67. The molecule has 0 radical (unpaired) electrons. The number of hydrogen-bond acceptors (Lipinski definition) is 7. The summed E-state index contributed by atoms with van der Waals surface area (Å²) in [5.74, 6) is 0.136. The molecule has 0 bridgehead atoms. The van der Waals surface area contributed by atoms with Crippen LogP contribution in [0.4, 0.5) is 4.39 Å². The van der Waals surface area contributed by atoms with E-state index >= 15 is 0 Å². The summed E-state index contributed by atoms with van der Waals surface area (Å²) in [6.07, 6.45) is 9.11. The number of likely N-dealkylation sites (tertiary alicyclic amines) is 1. The van der Waals surface area contributed by atoms with Crippen LogP contribution in [0, 0.1) is 5.82 Å². The molecule has 6 heterocycles. The molecule has 0 saturated carbocycles. The maximum atomic E-state index is 14.7. The maximum absolute atomic E-state index is 14.7. The van der Waals surface area contributed by atoms with E-state index in [4.69, 9.17) is 9.72 Å². The molecule has 10 heteroatoms. The summed E-state index contributed by atoms with van der Waals surface area (Å²) in [6, 6.07) is 12.5. The van der Waals surface area contributed by atoms with Gasteiger partial charge >= 0.3 is 0 Å². The van der Waals surface area contributed by atoms with Crippen LogP contribution in [0.15, 0.2) is 67.4 Å². The van der Waals surface area contributed by atoms with Crippen molar-refractivity contribution >= 4 is 21.9 Å². The Bertz CT molecular complexity index is 1780. The van der Waals surface area contributed by atoms with Gasteiger partial charge in [0.2, 0.25) is 0 Å². The van der Waals surface area contributed by atoms with Gasteiger partial charge in [0.25, 0.3) is 0 Å². The van der Waals surface area contributed by atoms with Crippen LogP contribution in [0.5, 0.6) is 5.75 Å². The number of halogens is 1. The fraction of sp³-hybridized carbons (Fsp3) is 0.207. The van der Waals surface area contributed by atoms with Crippen LogP contribution >= 0.6 is 0 Å². The van der Waals surface area contributed by atoms with Crippen LogP contribution in [0.25, 0.3) is 55.8 Å². The first-order valence-electron chi connectivity index (χ1n) is 13.0. The third-order valence-electron chi connectivity index (χ3n) is 7.09. The lowest BCUT2D eigenvalue weighted by Gasteiger charge is -2.15. The summed E-state index contributed by atoms with van der Waals surface area (Å²) in [5, 5.41) is 8.45. The van der Waals surface area contributed by atoms with Crippen LogP contribution in [0.1, 0.15) is 12.8 Å². The zero-order valence-electron chi connectivity index (χ0n) is 21.1. The first kappa shape index (κ1) is 23.4. The molecule has 0 atom stereocenters. The summed E-state index contributed by atoms with van der Waals surface area (Å²) >= 11 is 0. The van der Waals surface area contributed by atoms with Gasteiger partial charge in [-0.3, -0.25) is 15.0 Å². The molecular formula is C29H25FN8O. The van der Waals surface area contributed by atoms with E-state index in [0.29, 0.717) is 29.3 Å². The molecule has 194 valence electrons. The fourth-order valence-electron chi connectivity index (χ4n) is 5.17. The summed E-state index contributed by atoms with van der Waals surface area (Å²) in [5.41, 5.74) is 6.72. The molecule has 0 amide bonds. The molecule has 0 aliphatic carbocycles. The molecule has 1 aliphatic heterocycles. The van der Waals surface area contributed by atoms with Crippen LogP contribution in [-0.4, -0.2) is 66.3 Å². The number of hydrogen-bond donors (Lipinski definition) is 2. The maximum Gasteiger partial charge on any atom is 0.135 e. The number of H-pyrrole nitrogens is 2. The van der Waals surface area contributed by atoms with Crippen LogP contribution < -0.4 is 4.74 Å². The molecule has 0 spiro atoms. The Balaban J connectivity index is 1.23. The number of ether oxygens (including phenoxy) is 1. The minimum Gasteiger partial charge on any atom is -0.492 e. The van der Waals surface area contributed by atoms with Gasteiger partial charge in [-0.25, -0.2) is 19.3 Å². The Morgan fingerprint density at radius 3 is 2.67 bits per heavy atom. The van der Waals surface area contributed by atoms with Gasteiger partial charge in [0, 0.05) is 53.2 Å². The zero-order valence-corrected chi connectivity index (χ0v) is 21.1. The molecular weight excluding hydrogens is 495 g/mol. The van der Waals surface area contributed by atoms with Crippen molar-refractivity contribution in [2.75, 3.05) is 26.2 Å². The van der Waals surface area contributed by atoms with Gasteiger partial charge in [-0.15, -0.1) is 0 Å². The van der Waals surface area contributed by atoms with Crippen LogP contribution in [-0.2, 0) is 0 Å². The summed E-state index contributed by atoms with van der Waals surface area (Å²) in [6.45, 7) is 3.56. The Kier molecular flexibility index (Phi) is 5.93. The molecule has 0 unspecified atom stereocenters. The average molecular weight is 521 g/mol. The second-order valence-corrected chi connectivity index (χ2v) is 9.67. The molecule has 1 saturated heterocycles. The highest BCUT2D eigenvalue weighted by Gasteiger charge is 2.17. The largest absolute Gasteiger partial charge is 0.492 e. The Labute approximate surface area is 223 Å². The number of rotatable bonds is 7. The monoisotopic (exact) mass is 520 g/mol. The summed E-state index contributed by atoms with van der Waals surface area (Å²) in [7, 11) is 0. The quantitative estimate of drug-likeness (QED) is 0.296. The number of pyridine rings is 2. The van der Waals surface area contributed by atoms with E-state index in [1.165, 1.54) is 31.3 Å². The van der Waals surface area contributed by atoms with E-state index < -0.39 is 0 Å². The van der Waals surface area contributed by atoms with Crippen molar-refractivity contribution in [3.8, 4) is 39.7 Å². The molecule has 1 aromatic carbocycles. The van der Waals surface area contributed by atoms with Gasteiger partial charge in [0.15, 0.2) is 0 Å². The lowest BCUT2D eigenvalue weighted by molar-refractivity contribution is 0.237. The normalized spacial score (nSPS) is 14.0. The van der Waals surface area contributed by atoms with Crippen molar-refractivity contribution in [3.05, 3.63) is 73.2 Å². The van der Waals surface area contributed by atoms with Crippen LogP contribution in [0.2, 0.25) is 0 Å². The van der Waals surface area contributed by atoms with E-state index in [9.17, 15) is 4.39 Å². The van der Waals surface area contributed by atoms with Crippen molar-refractivity contribution < 1.29 is 9.13 Å². The number of nitrogens with zero attached hydrogens (tertiary/aromatic N) is 6. The highest BCUT2D eigenvalue weighted by atomic mass is 19.1. The molecule has 9 nitrogen and oxygen atoms in total. The standard InChI is InChI=1S/C29H25FN8O/c30-20-11-18(12-21(13-20)39-10-9-38-7-1-2-8-38)27-22-14-26(34-24(22)5-6-33-27)29-28-25(36-37-29)4-3-23(35-28)19-15-31-17-32-16-19/h3-6,11-17,34H,1-2,7-10H2,(H,36,37). The molecule has 1 aliphatic rings. The number of aromatic nitrogens is 7. The van der Waals surface area contributed by atoms with Gasteiger partial charge in [-0.05, 0) is 62.3 Å². The van der Waals surface area contributed by atoms with Gasteiger partial charge in [-0.1, -0.05) is 0 Å². The summed E-state index contributed by atoms with van der Waals surface area (Å²) < 4.78 is 20.6. The van der Waals surface area contributed by atoms with E-state index in [2.05, 4.69) is 35.0 Å². The van der Waals surface area contributed by atoms with Gasteiger partial charge in [0.1, 0.15) is 35.7 Å².